The van der Waals surface area contributed by atoms with Gasteiger partial charge in [0, 0.05) is 30.8 Å². The lowest BCUT2D eigenvalue weighted by Crippen LogP contribution is -2.31. The molecular formula is C24H24F3N3O2. The maximum Gasteiger partial charge on any atom is 0.270 e. The van der Waals surface area contributed by atoms with Gasteiger partial charge in [0.25, 0.3) is 5.92 Å². The number of hydrogen-bond donors (Lipinski definition) is 2. The van der Waals surface area contributed by atoms with E-state index < -0.39 is 23.2 Å². The Balaban J connectivity index is 1.66. The van der Waals surface area contributed by atoms with Crippen molar-refractivity contribution in [3.05, 3.63) is 65.6 Å². The fourth-order valence-electron chi connectivity index (χ4n) is 4.37. The zero-order valence-electron chi connectivity index (χ0n) is 18.2. The van der Waals surface area contributed by atoms with Crippen molar-refractivity contribution in [3.8, 4) is 0 Å². The van der Waals surface area contributed by atoms with Crippen LogP contribution in [-0.4, -0.2) is 31.0 Å². The Morgan fingerprint density at radius 1 is 1.19 bits per heavy atom. The van der Waals surface area contributed by atoms with E-state index in [0.29, 0.717) is 27.8 Å². The molecule has 3 aromatic rings. The molecule has 2 N–H and O–H groups in total. The summed E-state index contributed by atoms with van der Waals surface area (Å²) >= 11 is 0. The number of anilines is 2. The molecule has 4 rings (SSSR count). The molecule has 1 aliphatic rings. The van der Waals surface area contributed by atoms with Gasteiger partial charge in [-0.1, -0.05) is 12.1 Å². The highest BCUT2D eigenvalue weighted by atomic mass is 19.3. The number of amides is 1. The molecule has 32 heavy (non-hydrogen) atoms. The number of benzene rings is 2. The molecule has 1 saturated carbocycles. The molecule has 1 aliphatic carbocycles. The smallest absolute Gasteiger partial charge is 0.270 e. The Hall–Kier alpha value is -3.13. The molecule has 8 heteroatoms. The zero-order valence-corrected chi connectivity index (χ0v) is 18.2. The van der Waals surface area contributed by atoms with Gasteiger partial charge in [-0.05, 0) is 49.7 Å². The number of hydrogen-bond acceptors (Lipinski definition) is 4. The van der Waals surface area contributed by atoms with Crippen LogP contribution in [0.25, 0.3) is 10.9 Å². The van der Waals surface area contributed by atoms with Gasteiger partial charge in [0.1, 0.15) is 11.2 Å². The molecule has 168 valence electrons. The predicted molar refractivity (Wildman–Crippen MR) is 117 cm³/mol. The number of methoxy groups -OCH3 is 1. The quantitative estimate of drug-likeness (QED) is 0.542. The van der Waals surface area contributed by atoms with Gasteiger partial charge in [-0.3, -0.25) is 9.78 Å². The third-order valence-electron chi connectivity index (χ3n) is 6.40. The Morgan fingerprint density at radius 2 is 1.88 bits per heavy atom. The summed E-state index contributed by atoms with van der Waals surface area (Å²) in [6.07, 6.45) is 1.29. The van der Waals surface area contributed by atoms with Crippen LogP contribution >= 0.6 is 0 Å². The maximum absolute atomic E-state index is 14.4. The molecule has 3 atom stereocenters. The molecule has 0 bridgehead atoms. The first-order valence-corrected chi connectivity index (χ1v) is 10.2. The first-order chi connectivity index (χ1) is 15.1. The first kappa shape index (κ1) is 22.1. The van der Waals surface area contributed by atoms with Crippen LogP contribution in [0.15, 0.2) is 48.7 Å². The third kappa shape index (κ3) is 3.30. The molecular weight excluding hydrogens is 419 g/mol. The predicted octanol–water partition coefficient (Wildman–Crippen LogP) is 5.31. The van der Waals surface area contributed by atoms with E-state index in [4.69, 9.17) is 4.74 Å². The van der Waals surface area contributed by atoms with Gasteiger partial charge in [0.2, 0.25) is 5.91 Å². The summed E-state index contributed by atoms with van der Waals surface area (Å²) < 4.78 is 48.3. The molecule has 1 fully saturated rings. The topological polar surface area (TPSA) is 63.2 Å². The van der Waals surface area contributed by atoms with E-state index in [2.05, 4.69) is 15.6 Å². The second-order valence-corrected chi connectivity index (χ2v) is 8.21. The summed E-state index contributed by atoms with van der Waals surface area (Å²) in [5.74, 6) is -5.36. The lowest BCUT2D eigenvalue weighted by atomic mass is 9.99. The van der Waals surface area contributed by atoms with Gasteiger partial charge in [-0.15, -0.1) is 0 Å². The molecule has 1 amide bonds. The second-order valence-electron chi connectivity index (χ2n) is 8.21. The number of nitrogens with one attached hydrogen (secondary N) is 2. The van der Waals surface area contributed by atoms with Crippen molar-refractivity contribution in [1.82, 2.24) is 10.3 Å². The van der Waals surface area contributed by atoms with E-state index >= 15 is 0 Å². The zero-order chi connectivity index (χ0) is 23.3. The third-order valence-corrected chi connectivity index (χ3v) is 6.40. The normalized spacial score (nSPS) is 22.4. The van der Waals surface area contributed by atoms with Crippen molar-refractivity contribution >= 4 is 28.2 Å². The standard InChI is InChI=1S/C24H24F3N3O2/c1-13(32-4)20-17-11-15(25)7-10-18(17)29-12-19(20)30-16-8-5-14(6-9-16)21-23(2,22(31)28-3)24(21,26)27/h5-13,21,30H,1-4H3,(H,28,31). The van der Waals surface area contributed by atoms with Gasteiger partial charge in [0.15, 0.2) is 0 Å². The fourth-order valence-corrected chi connectivity index (χ4v) is 4.37. The molecule has 0 spiro atoms. The van der Waals surface area contributed by atoms with E-state index in [1.54, 1.807) is 43.6 Å². The molecule has 5 nitrogen and oxygen atoms in total. The maximum atomic E-state index is 14.4. The minimum absolute atomic E-state index is 0.345. The van der Waals surface area contributed by atoms with Crippen LogP contribution in [0.2, 0.25) is 0 Å². The molecule has 0 saturated heterocycles. The van der Waals surface area contributed by atoms with Crippen molar-refractivity contribution in [2.45, 2.75) is 31.8 Å². The molecule has 0 aliphatic heterocycles. The number of nitrogens with zero attached hydrogens (tertiary/aromatic N) is 1. The van der Waals surface area contributed by atoms with Crippen molar-refractivity contribution in [3.63, 3.8) is 0 Å². The Morgan fingerprint density at radius 3 is 2.50 bits per heavy atom. The molecule has 0 radical (unpaired) electrons. The van der Waals surface area contributed by atoms with Crippen molar-refractivity contribution in [1.29, 1.82) is 0 Å². The number of fused-ring (bicyclic) bond motifs is 1. The molecule has 1 heterocycles. The number of aromatic nitrogens is 1. The summed E-state index contributed by atoms with van der Waals surface area (Å²) in [6, 6.07) is 10.9. The summed E-state index contributed by atoms with van der Waals surface area (Å²) in [4.78, 5) is 16.4. The van der Waals surface area contributed by atoms with E-state index in [-0.39, 0.29) is 11.9 Å². The lowest BCUT2D eigenvalue weighted by Gasteiger charge is -2.19. The van der Waals surface area contributed by atoms with Crippen molar-refractivity contribution in [2.24, 2.45) is 5.41 Å². The van der Waals surface area contributed by atoms with Gasteiger partial charge in [-0.25, -0.2) is 13.2 Å². The van der Waals surface area contributed by atoms with Crippen LogP contribution in [0.4, 0.5) is 24.5 Å². The van der Waals surface area contributed by atoms with Gasteiger partial charge in [-0.2, -0.15) is 0 Å². The van der Waals surface area contributed by atoms with Crippen LogP contribution in [0, 0.1) is 11.2 Å². The van der Waals surface area contributed by atoms with Gasteiger partial charge in [0.05, 0.1) is 29.4 Å². The van der Waals surface area contributed by atoms with Crippen LogP contribution in [-0.2, 0) is 9.53 Å². The van der Waals surface area contributed by atoms with E-state index in [1.165, 1.54) is 26.1 Å². The highest BCUT2D eigenvalue weighted by Crippen LogP contribution is 2.71. The Bertz CT molecular complexity index is 1180. The monoisotopic (exact) mass is 443 g/mol. The van der Waals surface area contributed by atoms with E-state index in [9.17, 15) is 18.0 Å². The number of ether oxygens (including phenoxy) is 1. The first-order valence-electron chi connectivity index (χ1n) is 10.2. The number of carbonyl (C=O) groups excluding carboxylic acids is 1. The number of alkyl halides is 2. The Kier molecular flexibility index (Phi) is 5.36. The molecule has 2 aromatic carbocycles. The highest BCUT2D eigenvalue weighted by molar-refractivity contribution is 5.90. The number of pyridine rings is 1. The van der Waals surface area contributed by atoms with Crippen LogP contribution in [0.5, 0.6) is 0 Å². The minimum Gasteiger partial charge on any atom is -0.377 e. The number of halogens is 3. The highest BCUT2D eigenvalue weighted by Gasteiger charge is 2.82. The summed E-state index contributed by atoms with van der Waals surface area (Å²) in [6.45, 7) is 3.13. The fraction of sp³-hybridized carbons (Fsp3) is 0.333. The summed E-state index contributed by atoms with van der Waals surface area (Å²) in [5.41, 5.74) is 1.26. The average Bonchev–Trinajstić information content (AvgIpc) is 3.25. The van der Waals surface area contributed by atoms with Crippen molar-refractivity contribution < 1.29 is 22.7 Å². The van der Waals surface area contributed by atoms with Crippen molar-refractivity contribution in [2.75, 3.05) is 19.5 Å². The summed E-state index contributed by atoms with van der Waals surface area (Å²) in [7, 11) is 2.92. The van der Waals surface area contributed by atoms with Gasteiger partial charge >= 0.3 is 0 Å². The minimum atomic E-state index is -3.12. The van der Waals surface area contributed by atoms with Crippen LogP contribution in [0.1, 0.15) is 37.0 Å². The number of carbonyl (C=O) groups is 1. The van der Waals surface area contributed by atoms with Gasteiger partial charge < -0.3 is 15.4 Å². The Labute approximate surface area is 184 Å². The van der Waals surface area contributed by atoms with Crippen LogP contribution in [0.3, 0.4) is 0 Å². The molecule has 3 unspecified atom stereocenters. The largest absolute Gasteiger partial charge is 0.377 e. The lowest BCUT2D eigenvalue weighted by molar-refractivity contribution is -0.128. The van der Waals surface area contributed by atoms with E-state index in [1.807, 2.05) is 6.92 Å². The van der Waals surface area contributed by atoms with E-state index in [0.717, 1.165) is 5.56 Å². The average molecular weight is 443 g/mol. The van der Waals surface area contributed by atoms with Crippen LogP contribution < -0.4 is 10.6 Å². The molecule has 1 aromatic heterocycles. The second kappa shape index (κ2) is 7.78. The SMILES string of the molecule is CNC(=O)C1(C)C(c2ccc(Nc3cnc4ccc(F)cc4c3C(C)OC)cc2)C1(F)F. The summed E-state index contributed by atoms with van der Waals surface area (Å²) in [5, 5.41) is 6.19. The number of rotatable bonds is 6.